The van der Waals surface area contributed by atoms with E-state index in [4.69, 9.17) is 4.74 Å². The van der Waals surface area contributed by atoms with Crippen molar-refractivity contribution >= 4 is 28.2 Å². The van der Waals surface area contributed by atoms with Crippen molar-refractivity contribution in [1.82, 2.24) is 19.7 Å². The molecule has 0 saturated heterocycles. The van der Waals surface area contributed by atoms with Crippen molar-refractivity contribution in [3.63, 3.8) is 0 Å². The van der Waals surface area contributed by atoms with Crippen molar-refractivity contribution in [1.29, 1.82) is 0 Å². The number of benzene rings is 1. The molecule has 0 bridgehead atoms. The molecule has 0 saturated carbocycles. The molecule has 1 aromatic carbocycles. The number of carbonyl (C=O) groups is 1. The highest BCUT2D eigenvalue weighted by molar-refractivity contribution is 7.13. The van der Waals surface area contributed by atoms with E-state index in [0.717, 1.165) is 54.4 Å². The minimum Gasteiger partial charge on any atom is -0.378 e. The van der Waals surface area contributed by atoms with Crippen molar-refractivity contribution < 1.29 is 9.53 Å². The first-order valence-electron chi connectivity index (χ1n) is 8.72. The third-order valence-electron chi connectivity index (χ3n) is 4.32. The van der Waals surface area contributed by atoms with Gasteiger partial charge < -0.3 is 14.6 Å². The summed E-state index contributed by atoms with van der Waals surface area (Å²) in [4.78, 5) is 16.4. The Morgan fingerprint density at radius 3 is 2.93 bits per heavy atom. The molecule has 0 aliphatic carbocycles. The lowest BCUT2D eigenvalue weighted by Gasteiger charge is -2.07. The van der Waals surface area contributed by atoms with Gasteiger partial charge in [0.25, 0.3) is 0 Å². The van der Waals surface area contributed by atoms with E-state index in [1.807, 2.05) is 29.6 Å². The van der Waals surface area contributed by atoms with Crippen molar-refractivity contribution in [2.45, 2.75) is 32.4 Å². The van der Waals surface area contributed by atoms with Crippen LogP contribution in [0.5, 0.6) is 0 Å². The molecule has 1 aliphatic rings. The molecule has 9 heteroatoms. The quantitative estimate of drug-likeness (QED) is 0.681. The zero-order valence-electron chi connectivity index (χ0n) is 14.9. The lowest BCUT2D eigenvalue weighted by Crippen LogP contribution is -2.19. The highest BCUT2D eigenvalue weighted by Crippen LogP contribution is 2.19. The van der Waals surface area contributed by atoms with Crippen LogP contribution in [-0.2, 0) is 30.7 Å². The molecule has 8 nitrogen and oxygen atoms in total. The largest absolute Gasteiger partial charge is 0.378 e. The maximum Gasteiger partial charge on any atom is 0.325 e. The summed E-state index contributed by atoms with van der Waals surface area (Å²) in [6.45, 7) is 1.43. The summed E-state index contributed by atoms with van der Waals surface area (Å²) in [7, 11) is 1.61. The fourth-order valence-electron chi connectivity index (χ4n) is 3.07. The van der Waals surface area contributed by atoms with E-state index in [0.29, 0.717) is 11.7 Å². The van der Waals surface area contributed by atoms with Gasteiger partial charge in [0.2, 0.25) is 0 Å². The number of anilines is 2. The summed E-state index contributed by atoms with van der Waals surface area (Å²) in [5, 5.41) is 16.5. The van der Waals surface area contributed by atoms with E-state index in [1.165, 1.54) is 11.3 Å². The molecular formula is C18H20N6O2S. The Morgan fingerprint density at radius 2 is 2.11 bits per heavy atom. The van der Waals surface area contributed by atoms with Crippen molar-refractivity contribution in [2.24, 2.45) is 0 Å². The second-order valence-electron chi connectivity index (χ2n) is 6.32. The number of aromatic nitrogens is 4. The van der Waals surface area contributed by atoms with Crippen LogP contribution >= 0.6 is 11.3 Å². The SMILES string of the molecule is COCc1csc(NC(=O)Nc2ccc(Cc3nnc4n3CCC4)cc2)n1. The van der Waals surface area contributed by atoms with E-state index in [1.54, 1.807) is 7.11 Å². The molecule has 2 amide bonds. The number of hydrogen-bond acceptors (Lipinski definition) is 6. The van der Waals surface area contributed by atoms with Crippen LogP contribution in [0.1, 0.15) is 29.3 Å². The first-order valence-corrected chi connectivity index (χ1v) is 9.60. The summed E-state index contributed by atoms with van der Waals surface area (Å²) in [5.74, 6) is 2.08. The average molecular weight is 384 g/mol. The lowest BCUT2D eigenvalue weighted by atomic mass is 10.1. The molecular weight excluding hydrogens is 364 g/mol. The first-order chi connectivity index (χ1) is 13.2. The number of urea groups is 1. The molecule has 140 valence electrons. The molecule has 4 rings (SSSR count). The number of fused-ring (bicyclic) bond motifs is 1. The van der Waals surface area contributed by atoms with Gasteiger partial charge in [-0.2, -0.15) is 0 Å². The van der Waals surface area contributed by atoms with Crippen LogP contribution in [0.15, 0.2) is 29.6 Å². The number of thiazole rings is 1. The zero-order chi connectivity index (χ0) is 18.6. The van der Waals surface area contributed by atoms with Gasteiger partial charge in [0.15, 0.2) is 5.13 Å². The van der Waals surface area contributed by atoms with Gasteiger partial charge in [-0.1, -0.05) is 12.1 Å². The van der Waals surface area contributed by atoms with Crippen LogP contribution < -0.4 is 10.6 Å². The van der Waals surface area contributed by atoms with Gasteiger partial charge in [0.05, 0.1) is 12.3 Å². The number of methoxy groups -OCH3 is 1. The Hall–Kier alpha value is -2.78. The molecule has 27 heavy (non-hydrogen) atoms. The highest BCUT2D eigenvalue weighted by atomic mass is 32.1. The second kappa shape index (κ2) is 7.85. The molecule has 0 radical (unpaired) electrons. The molecule has 2 aromatic heterocycles. The van der Waals surface area contributed by atoms with Crippen molar-refractivity contribution in [3.8, 4) is 0 Å². The fourth-order valence-corrected chi connectivity index (χ4v) is 3.76. The maximum atomic E-state index is 12.1. The molecule has 1 aliphatic heterocycles. The molecule has 0 unspecified atom stereocenters. The molecule has 0 spiro atoms. The fraction of sp³-hybridized carbons (Fsp3) is 0.333. The third-order valence-corrected chi connectivity index (χ3v) is 5.13. The van der Waals surface area contributed by atoms with Crippen LogP contribution in [0.2, 0.25) is 0 Å². The summed E-state index contributed by atoms with van der Waals surface area (Å²) in [6, 6.07) is 7.43. The number of amides is 2. The standard InChI is InChI=1S/C18H20N6O2S/c1-26-10-14-11-27-18(20-14)21-17(25)19-13-6-4-12(5-7-13)9-16-23-22-15-3-2-8-24(15)16/h4-7,11H,2-3,8-10H2,1H3,(H2,19,20,21,25). The van der Waals surface area contributed by atoms with Gasteiger partial charge in [0, 0.05) is 37.6 Å². The molecule has 0 fully saturated rings. The van der Waals surface area contributed by atoms with E-state index in [2.05, 4.69) is 30.4 Å². The molecule has 2 N–H and O–H groups in total. The normalized spacial score (nSPS) is 12.8. The Morgan fingerprint density at radius 1 is 1.26 bits per heavy atom. The predicted molar refractivity (Wildman–Crippen MR) is 103 cm³/mol. The Kier molecular flexibility index (Phi) is 5.12. The predicted octanol–water partition coefficient (Wildman–Crippen LogP) is 3.06. The van der Waals surface area contributed by atoms with Crippen molar-refractivity contribution in [2.75, 3.05) is 17.7 Å². The van der Waals surface area contributed by atoms with Gasteiger partial charge in [-0.15, -0.1) is 21.5 Å². The number of nitrogens with one attached hydrogen (secondary N) is 2. The summed E-state index contributed by atoms with van der Waals surface area (Å²) < 4.78 is 7.22. The van der Waals surface area contributed by atoms with Crippen LogP contribution in [0, 0.1) is 0 Å². The van der Waals surface area contributed by atoms with Crippen LogP contribution in [-0.4, -0.2) is 32.9 Å². The van der Waals surface area contributed by atoms with Crippen molar-refractivity contribution in [3.05, 3.63) is 52.6 Å². The number of nitrogens with zero attached hydrogens (tertiary/aromatic N) is 4. The van der Waals surface area contributed by atoms with Gasteiger partial charge in [-0.3, -0.25) is 5.32 Å². The van der Waals surface area contributed by atoms with Crippen LogP contribution in [0.3, 0.4) is 0 Å². The lowest BCUT2D eigenvalue weighted by molar-refractivity contribution is 0.182. The highest BCUT2D eigenvalue weighted by Gasteiger charge is 2.17. The van der Waals surface area contributed by atoms with E-state index in [9.17, 15) is 4.79 Å². The minimum atomic E-state index is -0.323. The first kappa shape index (κ1) is 17.6. The van der Waals surface area contributed by atoms with Crippen LogP contribution in [0.25, 0.3) is 0 Å². The minimum absolute atomic E-state index is 0.323. The Bertz CT molecular complexity index is 934. The van der Waals surface area contributed by atoms with Gasteiger partial charge in [-0.25, -0.2) is 9.78 Å². The van der Waals surface area contributed by atoms with Gasteiger partial charge >= 0.3 is 6.03 Å². The van der Waals surface area contributed by atoms with Gasteiger partial charge in [-0.05, 0) is 24.1 Å². The van der Waals surface area contributed by atoms with Gasteiger partial charge in [0.1, 0.15) is 11.6 Å². The second-order valence-corrected chi connectivity index (χ2v) is 7.18. The average Bonchev–Trinajstić information content (AvgIpc) is 3.36. The Balaban J connectivity index is 1.33. The number of aryl methyl sites for hydroxylation is 1. The summed E-state index contributed by atoms with van der Waals surface area (Å²) >= 11 is 1.36. The third kappa shape index (κ3) is 4.15. The zero-order valence-corrected chi connectivity index (χ0v) is 15.8. The number of carbonyl (C=O) groups excluding carboxylic acids is 1. The monoisotopic (exact) mass is 384 g/mol. The summed E-state index contributed by atoms with van der Waals surface area (Å²) in [6.07, 6.45) is 2.89. The molecule has 3 aromatic rings. The summed E-state index contributed by atoms with van der Waals surface area (Å²) in [5.41, 5.74) is 2.64. The van der Waals surface area contributed by atoms with E-state index >= 15 is 0 Å². The van der Waals surface area contributed by atoms with E-state index in [-0.39, 0.29) is 6.03 Å². The number of hydrogen-bond donors (Lipinski definition) is 2. The maximum absolute atomic E-state index is 12.1. The Labute approximate surface area is 160 Å². The topological polar surface area (TPSA) is 94.0 Å². The number of ether oxygens (including phenoxy) is 1. The van der Waals surface area contributed by atoms with E-state index < -0.39 is 0 Å². The molecule has 3 heterocycles. The number of rotatable bonds is 6. The van der Waals surface area contributed by atoms with Crippen LogP contribution in [0.4, 0.5) is 15.6 Å². The molecule has 0 atom stereocenters. The smallest absolute Gasteiger partial charge is 0.325 e.